The second-order valence-corrected chi connectivity index (χ2v) is 6.04. The SMILES string of the molecule is CNCC1CSc2cccc(C(C)C)c2N1C. The highest BCUT2D eigenvalue weighted by atomic mass is 32.2. The minimum atomic E-state index is 0.585. The van der Waals surface area contributed by atoms with Gasteiger partial charge in [0.15, 0.2) is 0 Å². The number of hydrogen-bond acceptors (Lipinski definition) is 3. The van der Waals surface area contributed by atoms with Crippen LogP contribution < -0.4 is 10.2 Å². The molecule has 2 nitrogen and oxygen atoms in total. The first-order chi connectivity index (χ1) is 8.15. The molecular weight excluding hydrogens is 228 g/mol. The lowest BCUT2D eigenvalue weighted by molar-refractivity contribution is 0.625. The number of hydrogen-bond donors (Lipinski definition) is 1. The largest absolute Gasteiger partial charge is 0.368 e. The Bertz CT molecular complexity index is 390. The number of rotatable bonds is 3. The van der Waals surface area contributed by atoms with E-state index in [0.717, 1.165) is 6.54 Å². The molecule has 17 heavy (non-hydrogen) atoms. The molecule has 0 amide bonds. The Hall–Kier alpha value is -0.670. The molecule has 0 aliphatic carbocycles. The van der Waals surface area contributed by atoms with Crippen LogP contribution in [0.1, 0.15) is 25.3 Å². The van der Waals surface area contributed by atoms with Gasteiger partial charge in [0.2, 0.25) is 0 Å². The summed E-state index contributed by atoms with van der Waals surface area (Å²) in [5.41, 5.74) is 2.91. The Labute approximate surface area is 109 Å². The van der Waals surface area contributed by atoms with Crippen LogP contribution in [0.25, 0.3) is 0 Å². The number of fused-ring (bicyclic) bond motifs is 1. The summed E-state index contributed by atoms with van der Waals surface area (Å²) >= 11 is 1.99. The number of benzene rings is 1. The standard InChI is InChI=1S/C14H22N2S/c1-10(2)12-6-5-7-13-14(12)16(4)11(8-15-3)9-17-13/h5-7,10-11,15H,8-9H2,1-4H3. The zero-order chi connectivity index (χ0) is 12.4. The van der Waals surface area contributed by atoms with Gasteiger partial charge in [-0.05, 0) is 24.6 Å². The van der Waals surface area contributed by atoms with Crippen LogP contribution in [-0.4, -0.2) is 32.4 Å². The summed E-state index contributed by atoms with van der Waals surface area (Å²) in [4.78, 5) is 3.89. The molecule has 0 spiro atoms. The van der Waals surface area contributed by atoms with Gasteiger partial charge in [-0.15, -0.1) is 11.8 Å². The molecule has 1 aliphatic rings. The van der Waals surface area contributed by atoms with Gasteiger partial charge in [0.25, 0.3) is 0 Å². The zero-order valence-electron chi connectivity index (χ0n) is 11.2. The maximum Gasteiger partial charge on any atom is 0.0540 e. The number of nitrogens with one attached hydrogen (secondary N) is 1. The molecule has 1 aromatic rings. The summed E-state index contributed by atoms with van der Waals surface area (Å²) in [7, 11) is 4.26. The van der Waals surface area contributed by atoms with Gasteiger partial charge in [-0.1, -0.05) is 26.0 Å². The Balaban J connectivity index is 2.38. The third-order valence-corrected chi connectivity index (χ3v) is 4.62. The van der Waals surface area contributed by atoms with Gasteiger partial charge >= 0.3 is 0 Å². The van der Waals surface area contributed by atoms with Crippen LogP contribution in [0.4, 0.5) is 5.69 Å². The third kappa shape index (κ3) is 2.45. The molecule has 94 valence electrons. The van der Waals surface area contributed by atoms with Crippen molar-refractivity contribution in [1.82, 2.24) is 5.32 Å². The lowest BCUT2D eigenvalue weighted by Gasteiger charge is -2.37. The van der Waals surface area contributed by atoms with Crippen LogP contribution in [-0.2, 0) is 0 Å². The summed E-state index contributed by atoms with van der Waals surface area (Å²) < 4.78 is 0. The Morgan fingerprint density at radius 2 is 2.24 bits per heavy atom. The van der Waals surface area contributed by atoms with E-state index in [9.17, 15) is 0 Å². The minimum absolute atomic E-state index is 0.585. The van der Waals surface area contributed by atoms with Gasteiger partial charge in [0.1, 0.15) is 0 Å². The Kier molecular flexibility index (Phi) is 4.00. The summed E-state index contributed by atoms with van der Waals surface area (Å²) in [6.45, 7) is 5.60. The summed E-state index contributed by atoms with van der Waals surface area (Å²) in [6, 6.07) is 7.30. The van der Waals surface area contributed by atoms with Crippen molar-refractivity contribution in [2.75, 3.05) is 31.3 Å². The smallest absolute Gasteiger partial charge is 0.0540 e. The molecule has 0 fully saturated rings. The quantitative estimate of drug-likeness (QED) is 0.888. The van der Waals surface area contributed by atoms with Crippen LogP contribution in [0.15, 0.2) is 23.1 Å². The first-order valence-electron chi connectivity index (χ1n) is 6.28. The number of thioether (sulfide) groups is 1. The molecule has 0 saturated carbocycles. The van der Waals surface area contributed by atoms with Crippen LogP contribution in [0.2, 0.25) is 0 Å². The molecule has 1 unspecified atom stereocenters. The van der Waals surface area contributed by atoms with Crippen molar-refractivity contribution in [2.45, 2.75) is 30.7 Å². The van der Waals surface area contributed by atoms with E-state index in [0.29, 0.717) is 12.0 Å². The van der Waals surface area contributed by atoms with Gasteiger partial charge in [-0.25, -0.2) is 0 Å². The predicted molar refractivity (Wildman–Crippen MR) is 77.4 cm³/mol. The lowest BCUT2D eigenvalue weighted by atomic mass is 9.99. The van der Waals surface area contributed by atoms with Crippen molar-refractivity contribution < 1.29 is 0 Å². The van der Waals surface area contributed by atoms with E-state index in [1.54, 1.807) is 0 Å². The molecule has 1 aromatic carbocycles. The third-order valence-electron chi connectivity index (χ3n) is 3.42. The van der Waals surface area contributed by atoms with Gasteiger partial charge in [-0.3, -0.25) is 0 Å². The van der Waals surface area contributed by atoms with E-state index < -0.39 is 0 Å². The summed E-state index contributed by atoms with van der Waals surface area (Å²) in [5, 5.41) is 3.29. The molecule has 0 saturated heterocycles. The van der Waals surface area contributed by atoms with E-state index in [2.05, 4.69) is 49.3 Å². The molecular formula is C14H22N2S. The van der Waals surface area contributed by atoms with Crippen molar-refractivity contribution in [3.63, 3.8) is 0 Å². The first kappa shape index (κ1) is 12.8. The molecule has 0 bridgehead atoms. The maximum absolute atomic E-state index is 3.29. The highest BCUT2D eigenvalue weighted by Crippen LogP contribution is 2.41. The molecule has 1 aliphatic heterocycles. The highest BCUT2D eigenvalue weighted by Gasteiger charge is 2.26. The summed E-state index contributed by atoms with van der Waals surface area (Å²) in [6.07, 6.45) is 0. The van der Waals surface area contributed by atoms with Gasteiger partial charge < -0.3 is 10.2 Å². The number of nitrogens with zero attached hydrogens (tertiary/aromatic N) is 1. The van der Waals surface area contributed by atoms with Crippen LogP contribution in [0.3, 0.4) is 0 Å². The van der Waals surface area contributed by atoms with Gasteiger partial charge in [-0.2, -0.15) is 0 Å². The second kappa shape index (κ2) is 5.32. The van der Waals surface area contributed by atoms with E-state index in [1.807, 2.05) is 18.8 Å². The Morgan fingerprint density at radius 3 is 2.88 bits per heavy atom. The van der Waals surface area contributed by atoms with Crippen molar-refractivity contribution in [3.8, 4) is 0 Å². The number of anilines is 1. The molecule has 0 radical (unpaired) electrons. The first-order valence-corrected chi connectivity index (χ1v) is 7.26. The normalized spacial score (nSPS) is 19.6. The zero-order valence-corrected chi connectivity index (χ0v) is 12.0. The average Bonchev–Trinajstić information content (AvgIpc) is 2.32. The lowest BCUT2D eigenvalue weighted by Crippen LogP contribution is -2.43. The predicted octanol–water partition coefficient (Wildman–Crippen LogP) is 2.94. The van der Waals surface area contributed by atoms with Crippen molar-refractivity contribution in [1.29, 1.82) is 0 Å². The second-order valence-electron chi connectivity index (χ2n) is 4.98. The molecule has 0 aromatic heterocycles. The van der Waals surface area contributed by atoms with Gasteiger partial charge in [0, 0.05) is 24.2 Å². The number of para-hydroxylation sites is 1. The summed E-state index contributed by atoms with van der Waals surface area (Å²) in [5.74, 6) is 1.76. The van der Waals surface area contributed by atoms with Crippen molar-refractivity contribution >= 4 is 17.4 Å². The van der Waals surface area contributed by atoms with Crippen molar-refractivity contribution in [3.05, 3.63) is 23.8 Å². The molecule has 2 rings (SSSR count). The van der Waals surface area contributed by atoms with Crippen LogP contribution in [0.5, 0.6) is 0 Å². The Morgan fingerprint density at radius 1 is 1.47 bits per heavy atom. The van der Waals surface area contributed by atoms with Crippen molar-refractivity contribution in [2.24, 2.45) is 0 Å². The molecule has 3 heteroatoms. The maximum atomic E-state index is 3.29. The van der Waals surface area contributed by atoms with E-state index >= 15 is 0 Å². The minimum Gasteiger partial charge on any atom is -0.368 e. The number of likely N-dealkylation sites (N-methyl/N-ethyl adjacent to an activating group) is 2. The van der Waals surface area contributed by atoms with Crippen LogP contribution >= 0.6 is 11.8 Å². The molecule has 1 heterocycles. The fraction of sp³-hybridized carbons (Fsp3) is 0.571. The monoisotopic (exact) mass is 250 g/mol. The average molecular weight is 250 g/mol. The van der Waals surface area contributed by atoms with E-state index in [-0.39, 0.29) is 0 Å². The van der Waals surface area contributed by atoms with E-state index in [1.165, 1.54) is 21.9 Å². The fourth-order valence-electron chi connectivity index (χ4n) is 2.41. The topological polar surface area (TPSA) is 15.3 Å². The highest BCUT2D eigenvalue weighted by molar-refractivity contribution is 7.99. The van der Waals surface area contributed by atoms with Gasteiger partial charge in [0.05, 0.1) is 11.7 Å². The fourth-order valence-corrected chi connectivity index (χ4v) is 3.70. The molecule has 1 N–H and O–H groups in total. The van der Waals surface area contributed by atoms with E-state index in [4.69, 9.17) is 0 Å². The molecule has 1 atom stereocenters. The van der Waals surface area contributed by atoms with Crippen LogP contribution in [0, 0.1) is 0 Å².